The summed E-state index contributed by atoms with van der Waals surface area (Å²) < 4.78 is 31.5. The van der Waals surface area contributed by atoms with Crippen LogP contribution in [-0.2, 0) is 52.4 Å². The van der Waals surface area contributed by atoms with Crippen LogP contribution in [0.2, 0.25) is 0 Å². The van der Waals surface area contributed by atoms with E-state index in [1.807, 2.05) is 46.8 Å². The van der Waals surface area contributed by atoms with E-state index in [0.717, 1.165) is 25.4 Å². The number of thioether (sulfide) groups is 3. The first-order chi connectivity index (χ1) is 27.6. The van der Waals surface area contributed by atoms with Gasteiger partial charge in [-0.15, -0.1) is 0 Å². The van der Waals surface area contributed by atoms with Crippen LogP contribution in [0.5, 0.6) is 0 Å². The van der Waals surface area contributed by atoms with Crippen LogP contribution < -0.4 is 0 Å². The quantitative estimate of drug-likeness (QED) is 0.0416. The Morgan fingerprint density at radius 3 is 1.16 bits per heavy atom. The SMILES string of the molecule is CSCC(C)C(=O)OCCOC(=O)CCN(C)CCN(CCN(C)CCC(=O)OCCOC(=O)C(C)CSC)CCN(C)CCC(=O)OCCOC(O)C(C)CSC. The Labute approximate surface area is 360 Å². The third kappa shape index (κ3) is 31.1. The fourth-order valence-corrected chi connectivity index (χ4v) is 6.98. The summed E-state index contributed by atoms with van der Waals surface area (Å²) in [5.74, 6) is 0.0322. The van der Waals surface area contributed by atoms with E-state index in [1.54, 1.807) is 49.1 Å². The molecule has 0 aromatic carbocycles. The van der Waals surface area contributed by atoms with Gasteiger partial charge in [-0.1, -0.05) is 20.8 Å². The molecule has 0 rings (SSSR count). The summed E-state index contributed by atoms with van der Waals surface area (Å²) >= 11 is 4.77. The lowest BCUT2D eigenvalue weighted by Crippen LogP contribution is -2.42. The van der Waals surface area contributed by atoms with Crippen molar-refractivity contribution >= 4 is 65.1 Å². The monoisotopic (exact) mass is 886 g/mol. The molecule has 0 aliphatic rings. The summed E-state index contributed by atoms with van der Waals surface area (Å²) in [5.41, 5.74) is 0. The van der Waals surface area contributed by atoms with Gasteiger partial charge in [0, 0.05) is 82.1 Å². The number of nitrogens with zero attached hydrogens (tertiary/aromatic N) is 4. The molecule has 1 N–H and O–H groups in total. The van der Waals surface area contributed by atoms with E-state index < -0.39 is 6.29 Å². The number of ether oxygens (including phenoxy) is 6. The molecule has 0 fully saturated rings. The molecule has 340 valence electrons. The van der Waals surface area contributed by atoms with Crippen LogP contribution in [0.4, 0.5) is 0 Å². The zero-order chi connectivity index (χ0) is 43.7. The molecule has 0 radical (unpaired) electrons. The van der Waals surface area contributed by atoms with Crippen LogP contribution in [0.3, 0.4) is 0 Å². The van der Waals surface area contributed by atoms with Gasteiger partial charge in [-0.25, -0.2) is 0 Å². The molecule has 0 bridgehead atoms. The minimum Gasteiger partial charge on any atom is -0.463 e. The van der Waals surface area contributed by atoms with E-state index in [2.05, 4.69) is 19.6 Å². The van der Waals surface area contributed by atoms with Gasteiger partial charge >= 0.3 is 29.8 Å². The van der Waals surface area contributed by atoms with Crippen molar-refractivity contribution < 1.29 is 57.5 Å². The minimum absolute atomic E-state index is 0.0181. The Morgan fingerprint density at radius 1 is 0.483 bits per heavy atom. The third-order valence-electron chi connectivity index (χ3n) is 8.86. The Bertz CT molecular complexity index is 1070. The van der Waals surface area contributed by atoms with Gasteiger partial charge in [-0.2, -0.15) is 35.3 Å². The maximum atomic E-state index is 12.3. The molecule has 19 heteroatoms. The topological polar surface area (TPSA) is 174 Å². The molecule has 0 aromatic heterocycles. The van der Waals surface area contributed by atoms with Gasteiger partial charge in [0.25, 0.3) is 0 Å². The van der Waals surface area contributed by atoms with Crippen molar-refractivity contribution in [3.8, 4) is 0 Å². The first-order valence-electron chi connectivity index (χ1n) is 20.0. The van der Waals surface area contributed by atoms with Gasteiger partial charge in [-0.3, -0.25) is 28.9 Å². The molecule has 0 aliphatic heterocycles. The van der Waals surface area contributed by atoms with Crippen LogP contribution in [0.1, 0.15) is 40.0 Å². The first-order valence-corrected chi connectivity index (χ1v) is 24.2. The van der Waals surface area contributed by atoms with Gasteiger partial charge in [0.15, 0.2) is 6.29 Å². The molecular formula is C39H74N4O12S3. The molecule has 0 spiro atoms. The summed E-state index contributed by atoms with van der Waals surface area (Å²) in [4.78, 5) is 69.3. The molecular weight excluding hydrogens is 813 g/mol. The van der Waals surface area contributed by atoms with E-state index in [0.29, 0.717) is 50.8 Å². The van der Waals surface area contributed by atoms with E-state index >= 15 is 0 Å². The van der Waals surface area contributed by atoms with Crippen LogP contribution in [0, 0.1) is 17.8 Å². The molecule has 58 heavy (non-hydrogen) atoms. The standard InChI is InChI=1S/C39H74N4O12S3/c1-31(28-56-7)37(47)53-25-22-50-34(44)10-13-40(4)16-19-43(20-17-41(5)14-11-35(45)51-23-26-54-38(48)32(2)29-57-8)21-18-42(6)15-12-36(46)52-24-27-55-39(49)33(3)30-58-9/h31-33,37,47H,10-30H2,1-9H3. The second kappa shape index (κ2) is 35.9. The van der Waals surface area contributed by atoms with Gasteiger partial charge in [0.05, 0.1) is 37.7 Å². The van der Waals surface area contributed by atoms with Crippen molar-refractivity contribution in [2.45, 2.75) is 46.3 Å². The van der Waals surface area contributed by atoms with Crippen molar-refractivity contribution in [1.82, 2.24) is 19.6 Å². The van der Waals surface area contributed by atoms with E-state index in [4.69, 9.17) is 28.4 Å². The average Bonchev–Trinajstić information content (AvgIpc) is 3.19. The minimum atomic E-state index is -0.895. The van der Waals surface area contributed by atoms with Crippen LogP contribution >= 0.6 is 35.3 Å². The molecule has 0 aromatic rings. The third-order valence-corrected chi connectivity index (χ3v) is 11.4. The maximum absolute atomic E-state index is 12.3. The zero-order valence-electron chi connectivity index (χ0n) is 36.6. The number of hydrogen-bond donors (Lipinski definition) is 1. The summed E-state index contributed by atoms with van der Waals surface area (Å²) in [6.45, 7) is 11.6. The largest absolute Gasteiger partial charge is 0.463 e. The smallest absolute Gasteiger partial charge is 0.309 e. The molecule has 0 saturated heterocycles. The van der Waals surface area contributed by atoms with E-state index in [1.165, 1.54) is 0 Å². The normalized spacial score (nSPS) is 13.7. The number of carbonyl (C=O) groups is 5. The summed E-state index contributed by atoms with van der Waals surface area (Å²) in [6, 6.07) is 0. The Kier molecular flexibility index (Phi) is 34.7. The summed E-state index contributed by atoms with van der Waals surface area (Å²) in [5, 5.41) is 10.0. The van der Waals surface area contributed by atoms with Crippen molar-refractivity contribution in [2.24, 2.45) is 17.8 Å². The average molecular weight is 887 g/mol. The number of aliphatic hydroxyl groups is 1. The Morgan fingerprint density at radius 2 is 0.810 bits per heavy atom. The van der Waals surface area contributed by atoms with Crippen LogP contribution in [-0.4, -0.2) is 217 Å². The lowest BCUT2D eigenvalue weighted by atomic mass is 10.2. The second-order valence-corrected chi connectivity index (χ2v) is 17.1. The van der Waals surface area contributed by atoms with E-state index in [9.17, 15) is 29.1 Å². The summed E-state index contributed by atoms with van der Waals surface area (Å²) in [7, 11) is 5.83. The van der Waals surface area contributed by atoms with Crippen LogP contribution in [0.25, 0.3) is 0 Å². The molecule has 0 aliphatic carbocycles. The molecule has 4 unspecified atom stereocenters. The Balaban J connectivity index is 4.84. The van der Waals surface area contributed by atoms with Gasteiger partial charge in [-0.05, 0) is 39.9 Å². The highest BCUT2D eigenvalue weighted by Crippen LogP contribution is 2.11. The molecule has 0 amide bonds. The predicted octanol–water partition coefficient (Wildman–Crippen LogP) is 2.30. The van der Waals surface area contributed by atoms with Gasteiger partial charge < -0.3 is 48.2 Å². The summed E-state index contributed by atoms with van der Waals surface area (Å²) in [6.07, 6.45) is 5.55. The van der Waals surface area contributed by atoms with Crippen molar-refractivity contribution in [3.05, 3.63) is 0 Å². The fourth-order valence-electron chi connectivity index (χ4n) is 5.02. The lowest BCUT2D eigenvalue weighted by molar-refractivity contribution is -0.156. The molecule has 16 nitrogen and oxygen atoms in total. The van der Waals surface area contributed by atoms with Gasteiger partial charge in [0.1, 0.15) is 33.0 Å². The molecule has 0 heterocycles. The maximum Gasteiger partial charge on any atom is 0.309 e. The van der Waals surface area contributed by atoms with Crippen molar-refractivity contribution in [2.75, 3.05) is 156 Å². The van der Waals surface area contributed by atoms with E-state index in [-0.39, 0.29) is 107 Å². The number of esters is 5. The number of aliphatic hydroxyl groups excluding tert-OH is 1. The molecule has 0 saturated carbocycles. The van der Waals surface area contributed by atoms with Crippen LogP contribution in [0.15, 0.2) is 0 Å². The molecule has 4 atom stereocenters. The first kappa shape index (κ1) is 56.2. The number of carbonyl (C=O) groups excluding carboxylic acids is 5. The van der Waals surface area contributed by atoms with Crippen molar-refractivity contribution in [1.29, 1.82) is 0 Å². The highest BCUT2D eigenvalue weighted by molar-refractivity contribution is 7.99. The second-order valence-electron chi connectivity index (χ2n) is 14.4. The van der Waals surface area contributed by atoms with Crippen molar-refractivity contribution in [3.63, 3.8) is 0 Å². The fraction of sp³-hybridized carbons (Fsp3) is 0.872. The number of hydrogen-bond acceptors (Lipinski definition) is 19. The highest BCUT2D eigenvalue weighted by atomic mass is 32.2. The zero-order valence-corrected chi connectivity index (χ0v) is 39.1. The lowest BCUT2D eigenvalue weighted by Gasteiger charge is -2.29. The van der Waals surface area contributed by atoms with Gasteiger partial charge in [0.2, 0.25) is 0 Å². The number of likely N-dealkylation sites (N-methyl/N-ethyl adjacent to an activating group) is 3. The Hall–Kier alpha value is -1.84. The highest BCUT2D eigenvalue weighted by Gasteiger charge is 2.17. The predicted molar refractivity (Wildman–Crippen MR) is 232 cm³/mol. The number of rotatable bonds is 37.